The maximum atomic E-state index is 11.9. The van der Waals surface area contributed by atoms with Crippen LogP contribution in [0.4, 0.5) is 0 Å². The number of nitrogens with one attached hydrogen (secondary N) is 1. The second kappa shape index (κ2) is 5.17. The Hall–Kier alpha value is -0.900. The molecule has 0 spiro atoms. The van der Waals surface area contributed by atoms with Crippen LogP contribution in [0.3, 0.4) is 0 Å². The summed E-state index contributed by atoms with van der Waals surface area (Å²) in [7, 11) is 0. The van der Waals surface area contributed by atoms with E-state index in [-0.39, 0.29) is 23.8 Å². The molecule has 2 heterocycles. The third-order valence-electron chi connectivity index (χ3n) is 3.96. The Kier molecular flexibility index (Phi) is 3.82. The number of hydrogen-bond acceptors (Lipinski definition) is 3. The highest BCUT2D eigenvalue weighted by Gasteiger charge is 2.33. The molecule has 0 radical (unpaired) electrons. The molecule has 4 heteroatoms. The summed E-state index contributed by atoms with van der Waals surface area (Å²) in [5.41, 5.74) is 0. The summed E-state index contributed by atoms with van der Waals surface area (Å²) in [5, 5.41) is 3.42. The van der Waals surface area contributed by atoms with Crippen LogP contribution in [0, 0.1) is 11.8 Å². The first-order valence-corrected chi connectivity index (χ1v) is 6.64. The molecule has 4 nitrogen and oxygen atoms in total. The minimum Gasteiger partial charge on any atom is -0.312 e. The molecule has 2 saturated heterocycles. The highest BCUT2D eigenvalue weighted by atomic mass is 16.2. The van der Waals surface area contributed by atoms with Gasteiger partial charge in [0.25, 0.3) is 0 Å². The smallest absolute Gasteiger partial charge is 0.229 e. The van der Waals surface area contributed by atoms with E-state index >= 15 is 0 Å². The van der Waals surface area contributed by atoms with Gasteiger partial charge in [0.1, 0.15) is 0 Å². The SMILES string of the molecule is CC1CC(=O)N(CC2NCCCC2C)C(=O)C1. The zero-order valence-electron chi connectivity index (χ0n) is 10.7. The van der Waals surface area contributed by atoms with E-state index in [1.165, 1.54) is 17.7 Å². The fourth-order valence-corrected chi connectivity index (χ4v) is 2.79. The molecule has 0 aliphatic carbocycles. The summed E-state index contributed by atoms with van der Waals surface area (Å²) in [6.07, 6.45) is 3.42. The van der Waals surface area contributed by atoms with Crippen LogP contribution in [0.5, 0.6) is 0 Å². The van der Waals surface area contributed by atoms with Crippen molar-refractivity contribution in [3.05, 3.63) is 0 Å². The Bertz CT molecular complexity index is 299. The van der Waals surface area contributed by atoms with Crippen LogP contribution in [0.2, 0.25) is 0 Å². The first-order valence-electron chi connectivity index (χ1n) is 6.64. The number of rotatable bonds is 2. The van der Waals surface area contributed by atoms with Gasteiger partial charge in [-0.25, -0.2) is 0 Å². The molecule has 2 unspecified atom stereocenters. The Labute approximate surface area is 103 Å². The van der Waals surface area contributed by atoms with Gasteiger partial charge < -0.3 is 5.32 Å². The number of hydrogen-bond donors (Lipinski definition) is 1. The Balaban J connectivity index is 1.97. The van der Waals surface area contributed by atoms with Crippen molar-refractivity contribution in [3.63, 3.8) is 0 Å². The third kappa shape index (κ3) is 2.86. The van der Waals surface area contributed by atoms with Crippen molar-refractivity contribution in [1.82, 2.24) is 10.2 Å². The van der Waals surface area contributed by atoms with Crippen molar-refractivity contribution < 1.29 is 9.59 Å². The monoisotopic (exact) mass is 238 g/mol. The largest absolute Gasteiger partial charge is 0.312 e. The predicted octanol–water partition coefficient (Wildman–Crippen LogP) is 1.16. The second-order valence-corrected chi connectivity index (χ2v) is 5.59. The van der Waals surface area contributed by atoms with Crippen LogP contribution in [-0.4, -0.2) is 35.8 Å². The van der Waals surface area contributed by atoms with Crippen LogP contribution in [0.1, 0.15) is 39.5 Å². The third-order valence-corrected chi connectivity index (χ3v) is 3.96. The van der Waals surface area contributed by atoms with E-state index in [4.69, 9.17) is 0 Å². The van der Waals surface area contributed by atoms with E-state index in [1.54, 1.807) is 0 Å². The fourth-order valence-electron chi connectivity index (χ4n) is 2.79. The molecular formula is C13H22N2O2. The van der Waals surface area contributed by atoms with Crippen LogP contribution in [0.15, 0.2) is 0 Å². The van der Waals surface area contributed by atoms with Crippen molar-refractivity contribution in [2.45, 2.75) is 45.6 Å². The van der Waals surface area contributed by atoms with Crippen molar-refractivity contribution >= 4 is 11.8 Å². The lowest BCUT2D eigenvalue weighted by Crippen LogP contribution is -2.53. The van der Waals surface area contributed by atoms with E-state index in [0.29, 0.717) is 25.3 Å². The zero-order valence-corrected chi connectivity index (χ0v) is 10.7. The Morgan fingerprint density at radius 3 is 2.47 bits per heavy atom. The number of amides is 2. The number of nitrogens with zero attached hydrogens (tertiary/aromatic N) is 1. The fraction of sp³-hybridized carbons (Fsp3) is 0.846. The van der Waals surface area contributed by atoms with Crippen molar-refractivity contribution in [2.24, 2.45) is 11.8 Å². The van der Waals surface area contributed by atoms with Gasteiger partial charge >= 0.3 is 0 Å². The van der Waals surface area contributed by atoms with Gasteiger partial charge in [-0.3, -0.25) is 14.5 Å². The standard InChI is InChI=1S/C13H22N2O2/c1-9-6-12(16)15(13(17)7-9)8-11-10(2)4-3-5-14-11/h9-11,14H,3-8H2,1-2H3. The van der Waals surface area contributed by atoms with Gasteiger partial charge in [-0.15, -0.1) is 0 Å². The summed E-state index contributed by atoms with van der Waals surface area (Å²) >= 11 is 0. The highest BCUT2D eigenvalue weighted by Crippen LogP contribution is 2.22. The average molecular weight is 238 g/mol. The van der Waals surface area contributed by atoms with E-state index in [9.17, 15) is 9.59 Å². The molecule has 17 heavy (non-hydrogen) atoms. The van der Waals surface area contributed by atoms with Crippen LogP contribution in [0.25, 0.3) is 0 Å². The van der Waals surface area contributed by atoms with E-state index in [0.717, 1.165) is 6.54 Å². The molecule has 2 atom stereocenters. The van der Waals surface area contributed by atoms with Gasteiger partial charge in [0.15, 0.2) is 0 Å². The van der Waals surface area contributed by atoms with Gasteiger partial charge in [-0.1, -0.05) is 13.8 Å². The topological polar surface area (TPSA) is 49.4 Å². The molecule has 2 aliphatic heterocycles. The lowest BCUT2D eigenvalue weighted by atomic mass is 9.91. The van der Waals surface area contributed by atoms with E-state index < -0.39 is 0 Å². The first-order chi connectivity index (χ1) is 8.08. The summed E-state index contributed by atoms with van der Waals surface area (Å²) in [6.45, 7) is 5.72. The molecule has 1 N–H and O–H groups in total. The number of likely N-dealkylation sites (tertiary alicyclic amines) is 1. The molecule has 0 aromatic carbocycles. The molecule has 2 amide bonds. The molecule has 0 aromatic rings. The summed E-state index contributed by atoms with van der Waals surface area (Å²) in [4.78, 5) is 25.2. The first kappa shape index (κ1) is 12.6. The average Bonchev–Trinajstić information content (AvgIpc) is 2.25. The Morgan fingerprint density at radius 2 is 1.88 bits per heavy atom. The summed E-state index contributed by atoms with van der Waals surface area (Å²) in [6, 6.07) is 0.282. The minimum absolute atomic E-state index is 0.00771. The molecule has 0 bridgehead atoms. The molecule has 0 aromatic heterocycles. The highest BCUT2D eigenvalue weighted by molar-refractivity contribution is 5.97. The zero-order chi connectivity index (χ0) is 12.4. The molecule has 2 rings (SSSR count). The maximum absolute atomic E-state index is 11.9. The number of carbonyl (C=O) groups is 2. The molecular weight excluding hydrogens is 216 g/mol. The number of carbonyl (C=O) groups excluding carboxylic acids is 2. The van der Waals surface area contributed by atoms with Gasteiger partial charge in [0, 0.05) is 25.4 Å². The molecule has 2 aliphatic rings. The van der Waals surface area contributed by atoms with Crippen molar-refractivity contribution in [1.29, 1.82) is 0 Å². The van der Waals surface area contributed by atoms with Gasteiger partial charge in [-0.2, -0.15) is 0 Å². The van der Waals surface area contributed by atoms with Crippen LogP contribution < -0.4 is 5.32 Å². The number of piperidine rings is 2. The Morgan fingerprint density at radius 1 is 1.24 bits per heavy atom. The lowest BCUT2D eigenvalue weighted by Gasteiger charge is -2.36. The van der Waals surface area contributed by atoms with Crippen molar-refractivity contribution in [3.8, 4) is 0 Å². The lowest BCUT2D eigenvalue weighted by molar-refractivity contribution is -0.150. The van der Waals surface area contributed by atoms with Crippen LogP contribution in [-0.2, 0) is 9.59 Å². The van der Waals surface area contributed by atoms with Gasteiger partial charge in [-0.05, 0) is 31.2 Å². The number of imide groups is 1. The van der Waals surface area contributed by atoms with Gasteiger partial charge in [0.05, 0.1) is 0 Å². The van der Waals surface area contributed by atoms with Crippen molar-refractivity contribution in [2.75, 3.05) is 13.1 Å². The van der Waals surface area contributed by atoms with E-state index in [2.05, 4.69) is 12.2 Å². The predicted molar refractivity (Wildman–Crippen MR) is 65.3 cm³/mol. The van der Waals surface area contributed by atoms with Crippen LogP contribution >= 0.6 is 0 Å². The normalized spacial score (nSPS) is 32.0. The molecule has 2 fully saturated rings. The molecule has 0 saturated carbocycles. The minimum atomic E-state index is 0.00771. The summed E-state index contributed by atoms with van der Waals surface area (Å²) in [5.74, 6) is 0.772. The quantitative estimate of drug-likeness (QED) is 0.734. The second-order valence-electron chi connectivity index (χ2n) is 5.59. The summed E-state index contributed by atoms with van der Waals surface area (Å²) < 4.78 is 0. The van der Waals surface area contributed by atoms with E-state index in [1.807, 2.05) is 6.92 Å². The van der Waals surface area contributed by atoms with Gasteiger partial charge in [0.2, 0.25) is 11.8 Å². The molecule has 96 valence electrons. The maximum Gasteiger partial charge on any atom is 0.229 e.